The van der Waals surface area contributed by atoms with Gasteiger partial charge in [-0.25, -0.2) is 4.99 Å². The van der Waals surface area contributed by atoms with Gasteiger partial charge < -0.3 is 5.32 Å². The van der Waals surface area contributed by atoms with E-state index >= 15 is 0 Å². The van der Waals surface area contributed by atoms with Gasteiger partial charge in [-0.15, -0.1) is 0 Å². The third kappa shape index (κ3) is 5.08. The van der Waals surface area contributed by atoms with Crippen molar-refractivity contribution in [2.75, 3.05) is 5.32 Å². The van der Waals surface area contributed by atoms with E-state index in [1.54, 1.807) is 4.90 Å². The number of para-hydroxylation sites is 2. The molecule has 3 aromatic carbocycles. The molecule has 3 aromatic rings. The van der Waals surface area contributed by atoms with Crippen LogP contribution in [0.2, 0.25) is 0 Å². The number of amides is 2. The topological polar surface area (TPSA) is 61.8 Å². The Morgan fingerprint density at radius 3 is 2.22 bits per heavy atom. The van der Waals surface area contributed by atoms with Crippen LogP contribution in [0.4, 0.5) is 11.4 Å². The van der Waals surface area contributed by atoms with Crippen molar-refractivity contribution in [3.05, 3.63) is 95.6 Å². The van der Waals surface area contributed by atoms with Crippen molar-refractivity contribution in [1.29, 1.82) is 0 Å². The lowest BCUT2D eigenvalue weighted by atomic mass is 10.1. The lowest BCUT2D eigenvalue weighted by Crippen LogP contribution is -2.33. The van der Waals surface area contributed by atoms with Crippen LogP contribution >= 0.6 is 11.8 Å². The number of benzene rings is 3. The molecule has 4 rings (SSSR count). The largest absolute Gasteiger partial charge is 0.326 e. The maximum atomic E-state index is 13.3. The summed E-state index contributed by atoms with van der Waals surface area (Å²) in [5.74, 6) is -0.265. The number of carbonyl (C=O) groups excluding carboxylic acids is 2. The number of thioether (sulfide) groups is 1. The highest BCUT2D eigenvalue weighted by Crippen LogP contribution is 2.33. The van der Waals surface area contributed by atoms with Crippen LogP contribution in [0.1, 0.15) is 23.1 Å². The number of hydrogen-bond acceptors (Lipinski definition) is 4. The lowest BCUT2D eigenvalue weighted by Gasteiger charge is -2.17. The molecule has 1 unspecified atom stereocenters. The Balaban J connectivity index is 1.54. The first kappa shape index (κ1) is 21.8. The maximum Gasteiger partial charge on any atom is 0.242 e. The number of aryl methyl sites for hydroxylation is 2. The highest BCUT2D eigenvalue weighted by Gasteiger charge is 2.39. The van der Waals surface area contributed by atoms with Crippen molar-refractivity contribution in [1.82, 2.24) is 4.90 Å². The molecule has 1 fully saturated rings. The summed E-state index contributed by atoms with van der Waals surface area (Å²) >= 11 is 1.35. The molecule has 2 amide bonds. The first-order valence-corrected chi connectivity index (χ1v) is 11.4. The molecule has 0 aromatic heterocycles. The van der Waals surface area contributed by atoms with Gasteiger partial charge in [-0.2, -0.15) is 0 Å². The van der Waals surface area contributed by atoms with Crippen LogP contribution in [0.3, 0.4) is 0 Å². The minimum Gasteiger partial charge on any atom is -0.326 e. The van der Waals surface area contributed by atoms with Crippen LogP contribution in [0.25, 0.3) is 0 Å². The second-order valence-electron chi connectivity index (χ2n) is 7.77. The number of rotatable bonds is 6. The highest BCUT2D eigenvalue weighted by atomic mass is 32.2. The Labute approximate surface area is 192 Å². The summed E-state index contributed by atoms with van der Waals surface area (Å²) in [5.41, 5.74) is 4.61. The molecule has 0 aliphatic carbocycles. The van der Waals surface area contributed by atoms with Crippen LogP contribution in [-0.4, -0.2) is 27.1 Å². The Morgan fingerprint density at radius 2 is 1.56 bits per heavy atom. The van der Waals surface area contributed by atoms with E-state index in [0.29, 0.717) is 11.7 Å². The van der Waals surface area contributed by atoms with Crippen LogP contribution in [0.15, 0.2) is 83.9 Å². The molecule has 1 aliphatic heterocycles. The molecule has 5 nitrogen and oxygen atoms in total. The Hall–Kier alpha value is -3.38. The van der Waals surface area contributed by atoms with E-state index in [2.05, 4.69) is 5.32 Å². The van der Waals surface area contributed by atoms with E-state index in [-0.39, 0.29) is 18.2 Å². The molecule has 1 saturated heterocycles. The van der Waals surface area contributed by atoms with Crippen molar-refractivity contribution in [3.63, 3.8) is 0 Å². The fraction of sp³-hybridized carbons (Fsp3) is 0.192. The molecule has 0 bridgehead atoms. The minimum absolute atomic E-state index is 0.0924. The molecule has 1 heterocycles. The summed E-state index contributed by atoms with van der Waals surface area (Å²) in [4.78, 5) is 32.5. The summed E-state index contributed by atoms with van der Waals surface area (Å²) in [6.45, 7) is 4.35. The third-order valence-electron chi connectivity index (χ3n) is 5.30. The van der Waals surface area contributed by atoms with Crippen molar-refractivity contribution >= 4 is 40.1 Å². The molecular formula is C26H25N3O2S. The fourth-order valence-electron chi connectivity index (χ4n) is 3.62. The van der Waals surface area contributed by atoms with Gasteiger partial charge >= 0.3 is 0 Å². The van der Waals surface area contributed by atoms with Gasteiger partial charge in [0.15, 0.2) is 5.17 Å². The number of nitrogens with one attached hydrogen (secondary N) is 1. The molecule has 1 N–H and O–H groups in total. The number of carbonyl (C=O) groups is 2. The minimum atomic E-state index is -0.509. The number of hydrogen-bond donors (Lipinski definition) is 1. The lowest BCUT2D eigenvalue weighted by molar-refractivity contribution is -0.128. The Morgan fingerprint density at radius 1 is 0.938 bits per heavy atom. The number of anilines is 1. The zero-order valence-corrected chi connectivity index (χ0v) is 18.9. The van der Waals surface area contributed by atoms with Crippen LogP contribution in [0, 0.1) is 13.8 Å². The van der Waals surface area contributed by atoms with Crippen LogP contribution < -0.4 is 5.32 Å². The normalized spacial score (nSPS) is 17.1. The van der Waals surface area contributed by atoms with Gasteiger partial charge in [0.1, 0.15) is 5.25 Å². The molecule has 32 heavy (non-hydrogen) atoms. The van der Waals surface area contributed by atoms with Crippen molar-refractivity contribution in [3.8, 4) is 0 Å². The van der Waals surface area contributed by atoms with Gasteiger partial charge in [-0.1, -0.05) is 78.5 Å². The summed E-state index contributed by atoms with van der Waals surface area (Å²) in [7, 11) is 0. The van der Waals surface area contributed by atoms with Gasteiger partial charge in [0.2, 0.25) is 11.8 Å². The average molecular weight is 444 g/mol. The summed E-state index contributed by atoms with van der Waals surface area (Å²) < 4.78 is 0. The predicted molar refractivity (Wildman–Crippen MR) is 131 cm³/mol. The second-order valence-corrected chi connectivity index (χ2v) is 8.94. The average Bonchev–Trinajstić information content (AvgIpc) is 3.06. The van der Waals surface area contributed by atoms with Gasteiger partial charge in [-0.3, -0.25) is 14.5 Å². The first-order valence-electron chi connectivity index (χ1n) is 10.5. The van der Waals surface area contributed by atoms with Crippen molar-refractivity contribution in [2.24, 2.45) is 4.99 Å². The Bertz CT molecular complexity index is 1130. The van der Waals surface area contributed by atoms with E-state index in [1.165, 1.54) is 11.8 Å². The van der Waals surface area contributed by atoms with Crippen LogP contribution in [-0.2, 0) is 16.1 Å². The van der Waals surface area contributed by atoms with E-state index in [0.717, 1.165) is 28.1 Å². The van der Waals surface area contributed by atoms with Crippen molar-refractivity contribution in [2.45, 2.75) is 32.1 Å². The zero-order valence-electron chi connectivity index (χ0n) is 18.1. The summed E-state index contributed by atoms with van der Waals surface area (Å²) in [6.07, 6.45) is 0.0936. The fourth-order valence-corrected chi connectivity index (χ4v) is 4.78. The predicted octanol–water partition coefficient (Wildman–Crippen LogP) is 5.46. The second kappa shape index (κ2) is 9.83. The molecule has 1 aliphatic rings. The highest BCUT2D eigenvalue weighted by molar-refractivity contribution is 8.15. The molecule has 0 spiro atoms. The molecule has 6 heteroatoms. The van der Waals surface area contributed by atoms with Gasteiger partial charge in [0.05, 0.1) is 12.2 Å². The number of aliphatic imine (C=N–C) groups is 1. The zero-order chi connectivity index (χ0) is 22.5. The summed E-state index contributed by atoms with van der Waals surface area (Å²) in [6, 6.07) is 25.3. The van der Waals surface area contributed by atoms with E-state index in [9.17, 15) is 9.59 Å². The Kier molecular flexibility index (Phi) is 6.71. The third-order valence-corrected chi connectivity index (χ3v) is 6.48. The van der Waals surface area contributed by atoms with Crippen LogP contribution in [0.5, 0.6) is 0 Å². The monoisotopic (exact) mass is 443 g/mol. The van der Waals surface area contributed by atoms with Crippen molar-refractivity contribution < 1.29 is 9.59 Å². The standard InChI is InChI=1S/C26H25N3O2S/c1-18-10-9-11-19(2)24(18)28-23(30)16-22-25(31)29(17-20-12-5-3-6-13-20)26(32-22)27-21-14-7-4-8-15-21/h3-15,22H,16-17H2,1-2H3,(H,28,30). The number of amidine groups is 1. The molecule has 0 saturated carbocycles. The molecule has 162 valence electrons. The van der Waals surface area contributed by atoms with Gasteiger partial charge in [0, 0.05) is 12.1 Å². The molecule has 0 radical (unpaired) electrons. The maximum absolute atomic E-state index is 13.3. The quantitative estimate of drug-likeness (QED) is 0.550. The summed E-state index contributed by atoms with van der Waals surface area (Å²) in [5, 5.41) is 3.10. The smallest absolute Gasteiger partial charge is 0.242 e. The van der Waals surface area contributed by atoms with E-state index in [4.69, 9.17) is 4.99 Å². The van der Waals surface area contributed by atoms with Gasteiger partial charge in [-0.05, 0) is 42.7 Å². The van der Waals surface area contributed by atoms with E-state index < -0.39 is 5.25 Å². The molecular weight excluding hydrogens is 418 g/mol. The van der Waals surface area contributed by atoms with Gasteiger partial charge in [0.25, 0.3) is 0 Å². The van der Waals surface area contributed by atoms with E-state index in [1.807, 2.05) is 92.7 Å². The first-order chi connectivity index (χ1) is 15.5. The molecule has 1 atom stereocenters. The number of nitrogens with zero attached hydrogens (tertiary/aromatic N) is 2. The SMILES string of the molecule is Cc1cccc(C)c1NC(=O)CC1SC(=Nc2ccccc2)N(Cc2ccccc2)C1=O.